The summed E-state index contributed by atoms with van der Waals surface area (Å²) >= 11 is 7.27. The molecule has 0 fully saturated rings. The van der Waals surface area contributed by atoms with Crippen molar-refractivity contribution in [2.45, 2.75) is 6.61 Å². The maximum Gasteiger partial charge on any atom is 0.387 e. The normalized spacial score (nSPS) is 10.9. The van der Waals surface area contributed by atoms with Crippen molar-refractivity contribution >= 4 is 50.5 Å². The molecule has 0 bridgehead atoms. The van der Waals surface area contributed by atoms with Crippen molar-refractivity contribution in [2.24, 2.45) is 5.73 Å². The molecule has 2 amide bonds. The first-order valence-electron chi connectivity index (χ1n) is 7.24. The van der Waals surface area contributed by atoms with Crippen molar-refractivity contribution in [1.29, 1.82) is 0 Å². The number of hydrogen-bond donors (Lipinski definition) is 2. The Hall–Kier alpha value is -2.71. The van der Waals surface area contributed by atoms with E-state index in [1.165, 1.54) is 30.3 Å². The number of benzene rings is 2. The standard InChI is InChI=1S/C17H11ClF2N2O3S/c18-13-10-6-5-8(25-17(19)20)7-12(10)26-14(13)16(24)22-11-4-2-1-3-9(11)15(21)23/h1-7,17H,(H2,21,23)(H,22,24). The van der Waals surface area contributed by atoms with Crippen molar-refractivity contribution in [3.63, 3.8) is 0 Å². The zero-order valence-corrected chi connectivity index (χ0v) is 14.5. The third-order valence-electron chi connectivity index (χ3n) is 3.47. The second kappa shape index (κ2) is 7.27. The maximum atomic E-state index is 12.6. The predicted octanol–water partition coefficient (Wildman–Crippen LogP) is 4.51. The number of nitrogens with two attached hydrogens (primary N) is 1. The molecular formula is C17H11ClF2N2O3S. The number of amides is 2. The van der Waals surface area contributed by atoms with Crippen LogP contribution in [0.3, 0.4) is 0 Å². The molecule has 3 aromatic rings. The van der Waals surface area contributed by atoms with Crippen molar-refractivity contribution in [3.8, 4) is 5.75 Å². The Balaban J connectivity index is 1.94. The molecule has 3 N–H and O–H groups in total. The summed E-state index contributed by atoms with van der Waals surface area (Å²) in [6, 6.07) is 10.5. The molecule has 26 heavy (non-hydrogen) atoms. The van der Waals surface area contributed by atoms with Crippen molar-refractivity contribution in [1.82, 2.24) is 0 Å². The zero-order valence-electron chi connectivity index (χ0n) is 13.0. The summed E-state index contributed by atoms with van der Waals surface area (Å²) in [6.45, 7) is -2.95. The SMILES string of the molecule is NC(=O)c1ccccc1NC(=O)c1sc2cc(OC(F)F)ccc2c1Cl. The van der Waals surface area contributed by atoms with E-state index in [9.17, 15) is 18.4 Å². The fourth-order valence-electron chi connectivity index (χ4n) is 2.35. The van der Waals surface area contributed by atoms with Crippen LogP contribution in [0.4, 0.5) is 14.5 Å². The summed E-state index contributed by atoms with van der Waals surface area (Å²) in [5, 5.41) is 3.31. The lowest BCUT2D eigenvalue weighted by Gasteiger charge is -2.07. The number of hydrogen-bond acceptors (Lipinski definition) is 4. The van der Waals surface area contributed by atoms with Gasteiger partial charge in [0.2, 0.25) is 0 Å². The number of thiophene rings is 1. The van der Waals surface area contributed by atoms with Crippen LogP contribution in [0, 0.1) is 0 Å². The summed E-state index contributed by atoms with van der Waals surface area (Å²) in [7, 11) is 0. The van der Waals surface area contributed by atoms with E-state index in [-0.39, 0.29) is 26.9 Å². The largest absolute Gasteiger partial charge is 0.435 e. The number of anilines is 1. The van der Waals surface area contributed by atoms with E-state index in [0.717, 1.165) is 11.3 Å². The maximum absolute atomic E-state index is 12.6. The highest BCUT2D eigenvalue weighted by Crippen LogP contribution is 2.38. The molecule has 1 aromatic heterocycles. The van der Waals surface area contributed by atoms with Gasteiger partial charge in [0.25, 0.3) is 11.8 Å². The van der Waals surface area contributed by atoms with Crippen LogP contribution in [-0.2, 0) is 0 Å². The Morgan fingerprint density at radius 1 is 1.19 bits per heavy atom. The van der Waals surface area contributed by atoms with Gasteiger partial charge in [0.15, 0.2) is 0 Å². The van der Waals surface area contributed by atoms with Gasteiger partial charge in [-0.2, -0.15) is 8.78 Å². The number of carbonyl (C=O) groups excluding carboxylic acids is 2. The van der Waals surface area contributed by atoms with Gasteiger partial charge in [0.1, 0.15) is 10.6 Å². The fraction of sp³-hybridized carbons (Fsp3) is 0.0588. The average molecular weight is 397 g/mol. The molecule has 5 nitrogen and oxygen atoms in total. The number of para-hydroxylation sites is 1. The van der Waals surface area contributed by atoms with Gasteiger partial charge in [0.05, 0.1) is 16.3 Å². The topological polar surface area (TPSA) is 81.4 Å². The highest BCUT2D eigenvalue weighted by Gasteiger charge is 2.19. The molecule has 9 heteroatoms. The number of nitrogens with one attached hydrogen (secondary N) is 1. The Kier molecular flexibility index (Phi) is 5.06. The van der Waals surface area contributed by atoms with Gasteiger partial charge in [0, 0.05) is 10.1 Å². The number of alkyl halides is 2. The molecule has 0 radical (unpaired) electrons. The molecule has 3 rings (SSSR count). The van der Waals surface area contributed by atoms with Gasteiger partial charge in [-0.3, -0.25) is 9.59 Å². The number of halogens is 3. The Morgan fingerprint density at radius 2 is 1.92 bits per heavy atom. The highest BCUT2D eigenvalue weighted by molar-refractivity contribution is 7.21. The van der Waals surface area contributed by atoms with Crippen LogP contribution in [-0.4, -0.2) is 18.4 Å². The van der Waals surface area contributed by atoms with Crippen LogP contribution in [0.1, 0.15) is 20.0 Å². The van der Waals surface area contributed by atoms with Crippen molar-refractivity contribution < 1.29 is 23.1 Å². The third-order valence-corrected chi connectivity index (χ3v) is 5.13. The molecule has 1 heterocycles. The second-order valence-electron chi connectivity index (χ2n) is 5.15. The summed E-state index contributed by atoms with van der Waals surface area (Å²) in [6.07, 6.45) is 0. The average Bonchev–Trinajstić information content (AvgIpc) is 2.91. The van der Waals surface area contributed by atoms with Crippen LogP contribution < -0.4 is 15.8 Å². The number of carbonyl (C=O) groups is 2. The van der Waals surface area contributed by atoms with Gasteiger partial charge < -0.3 is 15.8 Å². The van der Waals surface area contributed by atoms with Crippen molar-refractivity contribution in [2.75, 3.05) is 5.32 Å². The molecular weight excluding hydrogens is 386 g/mol. The van der Waals surface area contributed by atoms with Gasteiger partial charge in [-0.15, -0.1) is 11.3 Å². The lowest BCUT2D eigenvalue weighted by Crippen LogP contribution is -2.17. The quantitative estimate of drug-likeness (QED) is 0.665. The predicted molar refractivity (Wildman–Crippen MR) is 96.4 cm³/mol. The van der Waals surface area contributed by atoms with Gasteiger partial charge >= 0.3 is 6.61 Å². The van der Waals surface area contributed by atoms with E-state index >= 15 is 0 Å². The van der Waals surface area contributed by atoms with Gasteiger partial charge in [-0.25, -0.2) is 0 Å². The minimum absolute atomic E-state index is 0.0311. The lowest BCUT2D eigenvalue weighted by atomic mass is 10.1. The Labute approximate surface area is 155 Å². The van der Waals surface area contributed by atoms with E-state index in [0.29, 0.717) is 10.1 Å². The van der Waals surface area contributed by atoms with Crippen molar-refractivity contribution in [3.05, 3.63) is 57.9 Å². The molecule has 0 spiro atoms. The molecule has 0 aliphatic rings. The van der Waals surface area contributed by atoms with Crippen LogP contribution in [0.25, 0.3) is 10.1 Å². The fourth-order valence-corrected chi connectivity index (χ4v) is 3.79. The monoisotopic (exact) mass is 396 g/mol. The minimum Gasteiger partial charge on any atom is -0.435 e. The molecule has 2 aromatic carbocycles. The van der Waals surface area contributed by atoms with E-state index in [2.05, 4.69) is 10.1 Å². The minimum atomic E-state index is -2.95. The number of rotatable bonds is 5. The summed E-state index contributed by atoms with van der Waals surface area (Å²) in [4.78, 5) is 24.2. The van der Waals surface area contributed by atoms with Gasteiger partial charge in [-0.05, 0) is 30.3 Å². The zero-order chi connectivity index (χ0) is 18.8. The molecule has 0 saturated carbocycles. The number of primary amides is 1. The Bertz CT molecular complexity index is 1010. The molecule has 0 saturated heterocycles. The first kappa shape index (κ1) is 18.1. The first-order valence-corrected chi connectivity index (χ1v) is 8.43. The number of fused-ring (bicyclic) bond motifs is 1. The lowest BCUT2D eigenvalue weighted by molar-refractivity contribution is -0.0497. The Morgan fingerprint density at radius 3 is 2.62 bits per heavy atom. The van der Waals surface area contributed by atoms with Gasteiger partial charge in [-0.1, -0.05) is 23.7 Å². The van der Waals surface area contributed by atoms with Crippen LogP contribution in [0.5, 0.6) is 5.75 Å². The third kappa shape index (κ3) is 3.61. The molecule has 0 aliphatic carbocycles. The van der Waals surface area contributed by atoms with E-state index in [4.69, 9.17) is 17.3 Å². The van der Waals surface area contributed by atoms with Crippen LogP contribution >= 0.6 is 22.9 Å². The smallest absolute Gasteiger partial charge is 0.387 e. The summed E-state index contributed by atoms with van der Waals surface area (Å²) in [5.74, 6) is -1.25. The summed E-state index contributed by atoms with van der Waals surface area (Å²) < 4.78 is 29.5. The second-order valence-corrected chi connectivity index (χ2v) is 6.58. The van der Waals surface area contributed by atoms with E-state index in [1.807, 2.05) is 0 Å². The van der Waals surface area contributed by atoms with Crippen LogP contribution in [0.15, 0.2) is 42.5 Å². The first-order chi connectivity index (χ1) is 12.4. The molecule has 0 atom stereocenters. The molecule has 0 unspecified atom stereocenters. The van der Waals surface area contributed by atoms with E-state index in [1.54, 1.807) is 12.1 Å². The summed E-state index contributed by atoms with van der Waals surface area (Å²) in [5.41, 5.74) is 5.70. The van der Waals surface area contributed by atoms with Crippen LogP contribution in [0.2, 0.25) is 5.02 Å². The highest BCUT2D eigenvalue weighted by atomic mass is 35.5. The number of ether oxygens (including phenoxy) is 1. The molecule has 0 aliphatic heterocycles. The van der Waals surface area contributed by atoms with E-state index < -0.39 is 18.4 Å². The molecule has 134 valence electrons.